The Balaban J connectivity index is 1.75. The SMILES string of the molecule is CC[C@@H](C(=O)NC1CCCC1)N(Cc1ccc(F)cc1)C(=O)CCCN(c1cccc(OC)c1)S(C)(=O)=O. The van der Waals surface area contributed by atoms with E-state index < -0.39 is 16.1 Å². The van der Waals surface area contributed by atoms with Crippen LogP contribution in [0.5, 0.6) is 5.75 Å². The number of nitrogens with zero attached hydrogens (tertiary/aromatic N) is 2. The van der Waals surface area contributed by atoms with Crippen molar-refractivity contribution >= 4 is 27.5 Å². The number of nitrogens with one attached hydrogen (secondary N) is 1. The second-order valence-electron chi connectivity index (χ2n) is 9.70. The molecule has 0 bridgehead atoms. The number of carbonyl (C=O) groups is 2. The lowest BCUT2D eigenvalue weighted by Crippen LogP contribution is -2.51. The van der Waals surface area contributed by atoms with Crippen LogP contribution in [0.25, 0.3) is 0 Å². The maximum Gasteiger partial charge on any atom is 0.243 e. The molecule has 0 aliphatic heterocycles. The summed E-state index contributed by atoms with van der Waals surface area (Å²) < 4.78 is 45.0. The first-order chi connectivity index (χ1) is 18.1. The fourth-order valence-corrected chi connectivity index (χ4v) is 5.80. The highest BCUT2D eigenvalue weighted by molar-refractivity contribution is 7.92. The average Bonchev–Trinajstić information content (AvgIpc) is 3.39. The molecule has 1 aliphatic carbocycles. The maximum absolute atomic E-state index is 13.5. The molecule has 1 saturated carbocycles. The second kappa shape index (κ2) is 13.6. The van der Waals surface area contributed by atoms with Gasteiger partial charge in [0.05, 0.1) is 19.1 Å². The van der Waals surface area contributed by atoms with E-state index in [1.807, 2.05) is 6.92 Å². The first kappa shape index (κ1) is 29.4. The van der Waals surface area contributed by atoms with Crippen molar-refractivity contribution < 1.29 is 27.1 Å². The quantitative estimate of drug-likeness (QED) is 0.405. The van der Waals surface area contributed by atoms with Crippen LogP contribution in [0.3, 0.4) is 0 Å². The van der Waals surface area contributed by atoms with E-state index in [0.717, 1.165) is 31.9 Å². The number of ether oxygens (including phenoxy) is 1. The minimum absolute atomic E-state index is 0.0460. The van der Waals surface area contributed by atoms with Crippen LogP contribution < -0.4 is 14.4 Å². The smallest absolute Gasteiger partial charge is 0.243 e. The fraction of sp³-hybridized carbons (Fsp3) is 0.500. The summed E-state index contributed by atoms with van der Waals surface area (Å²) in [5.74, 6) is -0.307. The molecule has 38 heavy (non-hydrogen) atoms. The third kappa shape index (κ3) is 8.18. The lowest BCUT2D eigenvalue weighted by molar-refractivity contribution is -0.141. The number of amides is 2. The van der Waals surface area contributed by atoms with E-state index in [1.165, 1.54) is 28.4 Å². The molecule has 0 radical (unpaired) electrons. The van der Waals surface area contributed by atoms with Gasteiger partial charge in [-0.3, -0.25) is 13.9 Å². The largest absolute Gasteiger partial charge is 0.497 e. The van der Waals surface area contributed by atoms with Crippen molar-refractivity contribution in [2.24, 2.45) is 0 Å². The first-order valence-electron chi connectivity index (χ1n) is 13.1. The zero-order chi connectivity index (χ0) is 27.7. The number of hydrogen-bond donors (Lipinski definition) is 1. The van der Waals surface area contributed by atoms with Gasteiger partial charge in [0.15, 0.2) is 0 Å². The fourth-order valence-electron chi connectivity index (χ4n) is 4.84. The van der Waals surface area contributed by atoms with Crippen molar-refractivity contribution in [2.75, 3.05) is 24.2 Å². The highest BCUT2D eigenvalue weighted by atomic mass is 32.2. The number of benzene rings is 2. The second-order valence-corrected chi connectivity index (χ2v) is 11.6. The molecule has 0 unspecified atom stereocenters. The third-order valence-corrected chi connectivity index (χ3v) is 8.04. The Bertz CT molecular complexity index is 1180. The molecule has 1 fully saturated rings. The number of carbonyl (C=O) groups excluding carboxylic acids is 2. The van der Waals surface area contributed by atoms with Gasteiger partial charge in [-0.1, -0.05) is 38.0 Å². The lowest BCUT2D eigenvalue weighted by atomic mass is 10.1. The van der Waals surface area contributed by atoms with Gasteiger partial charge in [0.1, 0.15) is 17.6 Å². The molecule has 2 amide bonds. The minimum atomic E-state index is -3.61. The Labute approximate surface area is 225 Å². The van der Waals surface area contributed by atoms with Crippen LogP contribution in [0.4, 0.5) is 10.1 Å². The number of halogens is 1. The Morgan fingerprint density at radius 3 is 2.42 bits per heavy atom. The van der Waals surface area contributed by atoms with E-state index in [0.29, 0.717) is 23.4 Å². The zero-order valence-electron chi connectivity index (χ0n) is 22.4. The average molecular weight is 548 g/mol. The van der Waals surface area contributed by atoms with Crippen LogP contribution in [0.1, 0.15) is 57.4 Å². The van der Waals surface area contributed by atoms with Gasteiger partial charge in [0, 0.05) is 31.6 Å². The van der Waals surface area contributed by atoms with E-state index in [4.69, 9.17) is 4.74 Å². The van der Waals surface area contributed by atoms with Gasteiger partial charge in [0.25, 0.3) is 0 Å². The Morgan fingerprint density at radius 1 is 1.13 bits per heavy atom. The van der Waals surface area contributed by atoms with Gasteiger partial charge in [0.2, 0.25) is 21.8 Å². The number of methoxy groups -OCH3 is 1. The molecule has 8 nitrogen and oxygen atoms in total. The molecule has 208 valence electrons. The topological polar surface area (TPSA) is 96.0 Å². The molecule has 1 aliphatic rings. The van der Waals surface area contributed by atoms with E-state index in [2.05, 4.69) is 5.32 Å². The highest BCUT2D eigenvalue weighted by Gasteiger charge is 2.30. The molecule has 2 aromatic rings. The minimum Gasteiger partial charge on any atom is -0.497 e. The Hall–Kier alpha value is -3.14. The summed E-state index contributed by atoms with van der Waals surface area (Å²) in [4.78, 5) is 28.3. The summed E-state index contributed by atoms with van der Waals surface area (Å²) in [7, 11) is -2.10. The molecule has 3 rings (SSSR count). The van der Waals surface area contributed by atoms with E-state index in [-0.39, 0.29) is 49.6 Å². The van der Waals surface area contributed by atoms with Crippen molar-refractivity contribution in [3.63, 3.8) is 0 Å². The van der Waals surface area contributed by atoms with Crippen molar-refractivity contribution in [1.29, 1.82) is 0 Å². The summed E-state index contributed by atoms with van der Waals surface area (Å²) in [6.45, 7) is 2.10. The zero-order valence-corrected chi connectivity index (χ0v) is 23.2. The summed E-state index contributed by atoms with van der Waals surface area (Å²) >= 11 is 0. The van der Waals surface area contributed by atoms with E-state index in [1.54, 1.807) is 36.4 Å². The van der Waals surface area contributed by atoms with Gasteiger partial charge < -0.3 is 15.0 Å². The van der Waals surface area contributed by atoms with E-state index in [9.17, 15) is 22.4 Å². The molecule has 0 saturated heterocycles. The van der Waals surface area contributed by atoms with Crippen LogP contribution in [-0.2, 0) is 26.2 Å². The third-order valence-electron chi connectivity index (χ3n) is 6.85. The molecular formula is C28H38FN3O5S. The number of sulfonamides is 1. The van der Waals surface area contributed by atoms with Crippen molar-refractivity contribution in [1.82, 2.24) is 10.2 Å². The first-order valence-corrected chi connectivity index (χ1v) is 14.9. The van der Waals surface area contributed by atoms with Crippen LogP contribution >= 0.6 is 0 Å². The van der Waals surface area contributed by atoms with Crippen LogP contribution in [0.2, 0.25) is 0 Å². The molecule has 0 aromatic heterocycles. The summed E-state index contributed by atoms with van der Waals surface area (Å²) in [5, 5.41) is 3.09. The molecule has 1 atom stereocenters. The van der Waals surface area contributed by atoms with Crippen molar-refractivity contribution in [3.05, 3.63) is 59.9 Å². The number of hydrogen-bond acceptors (Lipinski definition) is 5. The van der Waals surface area contributed by atoms with E-state index >= 15 is 0 Å². The number of rotatable bonds is 13. The summed E-state index contributed by atoms with van der Waals surface area (Å²) in [6.07, 6.45) is 5.85. The normalized spacial score (nSPS) is 14.6. The standard InChI is InChI=1S/C28H38FN3O5S/c1-4-26(28(34)30-23-9-5-6-10-23)31(20-21-14-16-22(29)17-15-21)27(33)13-8-18-32(38(3,35)36)24-11-7-12-25(19-24)37-2/h7,11-12,14-17,19,23,26H,4-6,8-10,13,18,20H2,1-3H3,(H,30,34)/t26-/m0/s1. The predicted molar refractivity (Wildman–Crippen MR) is 146 cm³/mol. The van der Waals surface area contributed by atoms with Crippen molar-refractivity contribution in [2.45, 2.75) is 70.5 Å². The maximum atomic E-state index is 13.5. The van der Waals surface area contributed by atoms with Gasteiger partial charge >= 0.3 is 0 Å². The predicted octanol–water partition coefficient (Wildman–Crippen LogP) is 4.25. The van der Waals surface area contributed by atoms with Gasteiger partial charge in [-0.05, 0) is 55.5 Å². The molecular weight excluding hydrogens is 509 g/mol. The molecule has 0 heterocycles. The van der Waals surface area contributed by atoms with Gasteiger partial charge in [-0.2, -0.15) is 0 Å². The van der Waals surface area contributed by atoms with Gasteiger partial charge in [-0.15, -0.1) is 0 Å². The van der Waals surface area contributed by atoms with Crippen molar-refractivity contribution in [3.8, 4) is 5.75 Å². The Morgan fingerprint density at radius 2 is 1.82 bits per heavy atom. The molecule has 2 aromatic carbocycles. The number of anilines is 1. The van der Waals surface area contributed by atoms with Crippen LogP contribution in [0.15, 0.2) is 48.5 Å². The lowest BCUT2D eigenvalue weighted by Gasteiger charge is -2.32. The monoisotopic (exact) mass is 547 g/mol. The highest BCUT2D eigenvalue weighted by Crippen LogP contribution is 2.24. The van der Waals surface area contributed by atoms with Crippen LogP contribution in [-0.4, -0.2) is 57.1 Å². The Kier molecular flexibility index (Phi) is 10.5. The molecule has 10 heteroatoms. The molecule has 0 spiro atoms. The van der Waals surface area contributed by atoms with Crippen LogP contribution in [0, 0.1) is 5.82 Å². The van der Waals surface area contributed by atoms with Gasteiger partial charge in [-0.25, -0.2) is 12.8 Å². The summed E-state index contributed by atoms with van der Waals surface area (Å²) in [6, 6.07) is 12.0. The molecule has 1 N–H and O–H groups in total. The summed E-state index contributed by atoms with van der Waals surface area (Å²) in [5.41, 5.74) is 1.16.